The summed E-state index contributed by atoms with van der Waals surface area (Å²) >= 11 is 7.57. The molecule has 0 spiro atoms. The second kappa shape index (κ2) is 6.11. The van der Waals surface area contributed by atoms with Crippen LogP contribution in [0.2, 0.25) is 5.02 Å². The molecule has 2 aromatic carbocycles. The van der Waals surface area contributed by atoms with E-state index >= 15 is 0 Å². The van der Waals surface area contributed by atoms with E-state index in [1.54, 1.807) is 36.4 Å². The highest BCUT2D eigenvalue weighted by molar-refractivity contribution is 7.21. The SMILES string of the molecule is O=C(Nc1ccccc1Cl)c1ccc(-c2nc3ccccc3s2)o1. The van der Waals surface area contributed by atoms with Crippen LogP contribution in [0, 0.1) is 0 Å². The smallest absolute Gasteiger partial charge is 0.291 e. The third-order valence-corrected chi connectivity index (χ3v) is 4.84. The van der Waals surface area contributed by atoms with E-state index in [9.17, 15) is 4.79 Å². The number of para-hydroxylation sites is 2. The molecule has 6 heteroatoms. The summed E-state index contributed by atoms with van der Waals surface area (Å²) in [6.07, 6.45) is 0. The number of aromatic nitrogens is 1. The number of furan rings is 1. The van der Waals surface area contributed by atoms with Crippen molar-refractivity contribution in [3.8, 4) is 10.8 Å². The van der Waals surface area contributed by atoms with Crippen LogP contribution in [0.15, 0.2) is 65.1 Å². The van der Waals surface area contributed by atoms with Gasteiger partial charge in [-0.15, -0.1) is 11.3 Å². The molecule has 118 valence electrons. The van der Waals surface area contributed by atoms with Crippen molar-refractivity contribution in [2.24, 2.45) is 0 Å². The minimum absolute atomic E-state index is 0.212. The van der Waals surface area contributed by atoms with E-state index in [4.69, 9.17) is 16.0 Å². The molecule has 0 aliphatic rings. The Morgan fingerprint density at radius 1 is 1.04 bits per heavy atom. The molecule has 0 radical (unpaired) electrons. The van der Waals surface area contributed by atoms with Gasteiger partial charge in [-0.05, 0) is 36.4 Å². The van der Waals surface area contributed by atoms with Gasteiger partial charge in [0.25, 0.3) is 5.91 Å². The van der Waals surface area contributed by atoms with Crippen LogP contribution < -0.4 is 5.32 Å². The fourth-order valence-electron chi connectivity index (χ4n) is 2.30. The van der Waals surface area contributed by atoms with Crippen molar-refractivity contribution >= 4 is 44.7 Å². The zero-order valence-electron chi connectivity index (χ0n) is 12.3. The summed E-state index contributed by atoms with van der Waals surface area (Å²) in [4.78, 5) is 16.8. The highest BCUT2D eigenvalue weighted by Crippen LogP contribution is 2.31. The lowest BCUT2D eigenvalue weighted by atomic mass is 10.3. The second-order valence-corrected chi connectivity index (χ2v) is 6.52. The van der Waals surface area contributed by atoms with Gasteiger partial charge < -0.3 is 9.73 Å². The molecule has 2 heterocycles. The van der Waals surface area contributed by atoms with Crippen molar-refractivity contribution < 1.29 is 9.21 Å². The quantitative estimate of drug-likeness (QED) is 0.531. The number of nitrogens with one attached hydrogen (secondary N) is 1. The third-order valence-electron chi connectivity index (χ3n) is 3.46. The van der Waals surface area contributed by atoms with Gasteiger partial charge >= 0.3 is 0 Å². The summed E-state index contributed by atoms with van der Waals surface area (Å²) in [7, 11) is 0. The summed E-state index contributed by atoms with van der Waals surface area (Å²) in [6, 6.07) is 18.3. The van der Waals surface area contributed by atoms with Gasteiger partial charge in [-0.2, -0.15) is 0 Å². The number of anilines is 1. The number of carbonyl (C=O) groups excluding carboxylic acids is 1. The van der Waals surface area contributed by atoms with Crippen molar-refractivity contribution in [1.82, 2.24) is 4.98 Å². The topological polar surface area (TPSA) is 55.1 Å². The fraction of sp³-hybridized carbons (Fsp3) is 0. The number of hydrogen-bond acceptors (Lipinski definition) is 4. The van der Waals surface area contributed by atoms with Crippen molar-refractivity contribution in [2.75, 3.05) is 5.32 Å². The van der Waals surface area contributed by atoms with E-state index < -0.39 is 0 Å². The maximum Gasteiger partial charge on any atom is 0.291 e. The summed E-state index contributed by atoms with van der Waals surface area (Å²) < 4.78 is 6.74. The van der Waals surface area contributed by atoms with Crippen LogP contribution in [-0.2, 0) is 0 Å². The first-order valence-corrected chi connectivity index (χ1v) is 8.42. The second-order valence-electron chi connectivity index (χ2n) is 5.08. The molecule has 0 aliphatic heterocycles. The highest BCUT2D eigenvalue weighted by Gasteiger charge is 2.15. The van der Waals surface area contributed by atoms with Gasteiger partial charge in [0.1, 0.15) is 0 Å². The Hall–Kier alpha value is -2.63. The number of fused-ring (bicyclic) bond motifs is 1. The number of benzene rings is 2. The Kier molecular flexibility index (Phi) is 3.80. The monoisotopic (exact) mass is 354 g/mol. The van der Waals surface area contributed by atoms with Crippen LogP contribution in [0.25, 0.3) is 21.0 Å². The molecule has 0 saturated heterocycles. The maximum absolute atomic E-state index is 12.3. The Morgan fingerprint density at radius 3 is 2.67 bits per heavy atom. The number of carbonyl (C=O) groups is 1. The molecule has 2 aromatic heterocycles. The van der Waals surface area contributed by atoms with E-state index in [1.165, 1.54) is 11.3 Å². The highest BCUT2D eigenvalue weighted by atomic mass is 35.5. The van der Waals surface area contributed by atoms with Crippen LogP contribution in [0.1, 0.15) is 10.6 Å². The van der Waals surface area contributed by atoms with Gasteiger partial charge in [0.2, 0.25) is 0 Å². The predicted octanol–water partition coefficient (Wildman–Crippen LogP) is 5.46. The van der Waals surface area contributed by atoms with Crippen molar-refractivity contribution in [3.63, 3.8) is 0 Å². The molecule has 0 fully saturated rings. The summed E-state index contributed by atoms with van der Waals surface area (Å²) in [5.41, 5.74) is 1.46. The summed E-state index contributed by atoms with van der Waals surface area (Å²) in [5, 5.41) is 3.96. The molecule has 24 heavy (non-hydrogen) atoms. The van der Waals surface area contributed by atoms with Gasteiger partial charge in [0.05, 0.1) is 20.9 Å². The van der Waals surface area contributed by atoms with Crippen LogP contribution in [0.3, 0.4) is 0 Å². The molecule has 0 unspecified atom stereocenters. The Bertz CT molecular complexity index is 1010. The molecule has 0 aliphatic carbocycles. The predicted molar refractivity (Wildman–Crippen MR) is 96.7 cm³/mol. The number of amides is 1. The first kappa shape index (κ1) is 14.9. The normalized spacial score (nSPS) is 10.9. The first-order valence-electron chi connectivity index (χ1n) is 7.22. The van der Waals surface area contributed by atoms with E-state index in [0.717, 1.165) is 15.2 Å². The van der Waals surface area contributed by atoms with Crippen molar-refractivity contribution in [1.29, 1.82) is 0 Å². The molecule has 1 amide bonds. The minimum Gasteiger partial charge on any atom is -0.448 e. The van der Waals surface area contributed by atoms with Gasteiger partial charge in [0.15, 0.2) is 16.5 Å². The Morgan fingerprint density at radius 2 is 1.83 bits per heavy atom. The molecular formula is C18H11ClN2O2S. The van der Waals surface area contributed by atoms with Gasteiger partial charge in [-0.3, -0.25) is 4.79 Å². The van der Waals surface area contributed by atoms with Gasteiger partial charge in [-0.1, -0.05) is 35.9 Å². The van der Waals surface area contributed by atoms with Gasteiger partial charge in [0, 0.05) is 0 Å². The largest absolute Gasteiger partial charge is 0.448 e. The molecule has 4 nitrogen and oxygen atoms in total. The number of nitrogens with zero attached hydrogens (tertiary/aromatic N) is 1. The average Bonchev–Trinajstić information content (AvgIpc) is 3.23. The third kappa shape index (κ3) is 2.79. The minimum atomic E-state index is -0.351. The number of rotatable bonds is 3. The lowest BCUT2D eigenvalue weighted by Crippen LogP contribution is -2.11. The van der Waals surface area contributed by atoms with Crippen molar-refractivity contribution in [2.45, 2.75) is 0 Å². The zero-order valence-corrected chi connectivity index (χ0v) is 13.9. The van der Waals surface area contributed by atoms with E-state index in [2.05, 4.69) is 10.3 Å². The lowest BCUT2D eigenvalue weighted by Gasteiger charge is -2.04. The van der Waals surface area contributed by atoms with Crippen molar-refractivity contribution in [3.05, 3.63) is 71.4 Å². The molecule has 4 aromatic rings. The standard InChI is InChI=1S/C18H11ClN2O2S/c19-11-5-1-2-6-12(11)20-17(22)14-9-10-15(23-14)18-21-13-7-3-4-8-16(13)24-18/h1-10H,(H,20,22). The summed E-state index contributed by atoms with van der Waals surface area (Å²) in [5.74, 6) is 0.431. The number of hydrogen-bond donors (Lipinski definition) is 1. The Balaban J connectivity index is 1.60. The van der Waals surface area contributed by atoms with E-state index in [-0.39, 0.29) is 11.7 Å². The molecule has 1 N–H and O–H groups in total. The maximum atomic E-state index is 12.3. The number of thiazole rings is 1. The molecule has 0 saturated carbocycles. The molecule has 0 atom stereocenters. The molecular weight excluding hydrogens is 344 g/mol. The lowest BCUT2D eigenvalue weighted by molar-refractivity contribution is 0.0997. The first-order chi connectivity index (χ1) is 11.7. The summed E-state index contributed by atoms with van der Waals surface area (Å²) in [6.45, 7) is 0. The van der Waals surface area contributed by atoms with E-state index in [0.29, 0.717) is 16.5 Å². The molecule has 0 bridgehead atoms. The van der Waals surface area contributed by atoms with Crippen LogP contribution >= 0.6 is 22.9 Å². The molecule has 4 rings (SSSR count). The van der Waals surface area contributed by atoms with Crippen LogP contribution in [-0.4, -0.2) is 10.9 Å². The van der Waals surface area contributed by atoms with Gasteiger partial charge in [-0.25, -0.2) is 4.98 Å². The zero-order chi connectivity index (χ0) is 16.5. The fourth-order valence-corrected chi connectivity index (χ4v) is 3.41. The van der Waals surface area contributed by atoms with Crippen LogP contribution in [0.5, 0.6) is 0 Å². The van der Waals surface area contributed by atoms with Crippen LogP contribution in [0.4, 0.5) is 5.69 Å². The number of halogens is 1. The Labute approximate surface area is 146 Å². The average molecular weight is 355 g/mol. The van der Waals surface area contributed by atoms with E-state index in [1.807, 2.05) is 24.3 Å².